The van der Waals surface area contributed by atoms with Crippen molar-refractivity contribution in [1.82, 2.24) is 15.6 Å². The standard InChI is InChI=1S/C15H19N3O4/c1-3-12(20)18-15(22-4-2)13(14(21)17-9-10-19)11-7-5-6-8-16-11/h5-8,10H,3-4,9H2,1-2H3,(H,17,21)(H,18,20)/b15-13-. The van der Waals surface area contributed by atoms with Gasteiger partial charge in [0.2, 0.25) is 11.8 Å². The number of carbonyl (C=O) groups excluding carboxylic acids is 3. The lowest BCUT2D eigenvalue weighted by Crippen LogP contribution is -2.32. The third-order valence-electron chi connectivity index (χ3n) is 2.58. The third kappa shape index (κ3) is 5.01. The van der Waals surface area contributed by atoms with E-state index in [1.807, 2.05) is 0 Å². The molecule has 22 heavy (non-hydrogen) atoms. The number of hydrogen-bond donors (Lipinski definition) is 2. The maximum atomic E-state index is 12.3. The summed E-state index contributed by atoms with van der Waals surface area (Å²) in [6.07, 6.45) is 2.33. The molecule has 2 N–H and O–H groups in total. The van der Waals surface area contributed by atoms with Crippen molar-refractivity contribution in [3.63, 3.8) is 0 Å². The zero-order chi connectivity index (χ0) is 16.4. The van der Waals surface area contributed by atoms with E-state index in [0.29, 0.717) is 12.0 Å². The van der Waals surface area contributed by atoms with Crippen LogP contribution in [0.3, 0.4) is 0 Å². The van der Waals surface area contributed by atoms with E-state index in [-0.39, 0.29) is 36.9 Å². The molecule has 1 heterocycles. The summed E-state index contributed by atoms with van der Waals surface area (Å²) >= 11 is 0. The molecular weight excluding hydrogens is 286 g/mol. The number of hydrogen-bond acceptors (Lipinski definition) is 5. The van der Waals surface area contributed by atoms with Gasteiger partial charge in [-0.1, -0.05) is 13.0 Å². The zero-order valence-electron chi connectivity index (χ0n) is 12.6. The quantitative estimate of drug-likeness (QED) is 0.417. The number of nitrogens with one attached hydrogen (secondary N) is 2. The van der Waals surface area contributed by atoms with Crippen LogP contribution in [-0.2, 0) is 19.1 Å². The minimum absolute atomic E-state index is 0.0245. The van der Waals surface area contributed by atoms with Gasteiger partial charge in [-0.3, -0.25) is 19.9 Å². The van der Waals surface area contributed by atoms with Crippen molar-refractivity contribution in [2.24, 2.45) is 0 Å². The largest absolute Gasteiger partial charge is 0.479 e. The Bertz CT molecular complexity index is 555. The molecule has 0 radical (unpaired) electrons. The van der Waals surface area contributed by atoms with Crippen molar-refractivity contribution in [3.8, 4) is 0 Å². The van der Waals surface area contributed by atoms with Gasteiger partial charge in [-0.05, 0) is 19.1 Å². The molecule has 0 saturated carbocycles. The fourth-order valence-corrected chi connectivity index (χ4v) is 1.60. The Morgan fingerprint density at radius 2 is 2.09 bits per heavy atom. The van der Waals surface area contributed by atoms with Crippen molar-refractivity contribution in [2.45, 2.75) is 20.3 Å². The number of rotatable bonds is 8. The average Bonchev–Trinajstić information content (AvgIpc) is 2.54. The van der Waals surface area contributed by atoms with Gasteiger partial charge in [0.25, 0.3) is 5.91 Å². The Balaban J connectivity index is 3.29. The molecule has 7 nitrogen and oxygen atoms in total. The number of aromatic nitrogens is 1. The second-order valence-corrected chi connectivity index (χ2v) is 4.13. The highest BCUT2D eigenvalue weighted by Gasteiger charge is 2.21. The Labute approximate surface area is 128 Å². The topological polar surface area (TPSA) is 97.4 Å². The van der Waals surface area contributed by atoms with E-state index in [2.05, 4.69) is 15.6 Å². The Hall–Kier alpha value is -2.70. The number of amides is 2. The first-order valence-corrected chi connectivity index (χ1v) is 6.94. The van der Waals surface area contributed by atoms with Gasteiger partial charge >= 0.3 is 0 Å². The molecule has 0 fully saturated rings. The first-order valence-electron chi connectivity index (χ1n) is 6.94. The van der Waals surface area contributed by atoms with Crippen LogP contribution in [0.25, 0.3) is 5.57 Å². The third-order valence-corrected chi connectivity index (χ3v) is 2.58. The van der Waals surface area contributed by atoms with E-state index in [4.69, 9.17) is 4.74 Å². The van der Waals surface area contributed by atoms with E-state index in [0.717, 1.165) is 0 Å². The van der Waals surface area contributed by atoms with E-state index >= 15 is 0 Å². The van der Waals surface area contributed by atoms with Crippen LogP contribution >= 0.6 is 0 Å². The minimum Gasteiger partial charge on any atom is -0.479 e. The highest BCUT2D eigenvalue weighted by atomic mass is 16.5. The van der Waals surface area contributed by atoms with Gasteiger partial charge in [0.05, 0.1) is 18.8 Å². The second-order valence-electron chi connectivity index (χ2n) is 4.13. The van der Waals surface area contributed by atoms with E-state index in [9.17, 15) is 14.4 Å². The maximum absolute atomic E-state index is 12.3. The molecule has 0 unspecified atom stereocenters. The molecule has 0 aliphatic heterocycles. The molecule has 1 aromatic rings. The molecule has 7 heteroatoms. The lowest BCUT2D eigenvalue weighted by molar-refractivity contribution is -0.121. The molecule has 1 rings (SSSR count). The van der Waals surface area contributed by atoms with Crippen LogP contribution in [-0.4, -0.2) is 36.2 Å². The van der Waals surface area contributed by atoms with Gasteiger partial charge < -0.3 is 14.8 Å². The zero-order valence-corrected chi connectivity index (χ0v) is 12.6. The SMILES string of the molecule is CCO/C(NC(=O)CC)=C(\C(=O)NCC=O)c1ccccn1. The average molecular weight is 305 g/mol. The van der Waals surface area contributed by atoms with Crippen LogP contribution < -0.4 is 10.6 Å². The smallest absolute Gasteiger partial charge is 0.259 e. The molecule has 2 amide bonds. The summed E-state index contributed by atoms with van der Waals surface area (Å²) < 4.78 is 5.39. The first-order chi connectivity index (χ1) is 10.6. The first kappa shape index (κ1) is 17.4. The van der Waals surface area contributed by atoms with Crippen molar-refractivity contribution < 1.29 is 19.1 Å². The van der Waals surface area contributed by atoms with Crippen LogP contribution in [0.15, 0.2) is 30.3 Å². The van der Waals surface area contributed by atoms with Crippen molar-refractivity contribution in [2.75, 3.05) is 13.2 Å². The number of carbonyl (C=O) groups is 3. The van der Waals surface area contributed by atoms with E-state index in [1.54, 1.807) is 32.0 Å². The van der Waals surface area contributed by atoms with Gasteiger partial charge in [0.1, 0.15) is 11.9 Å². The summed E-state index contributed by atoms with van der Waals surface area (Å²) in [7, 11) is 0. The Kier molecular flexibility index (Phi) is 7.32. The van der Waals surface area contributed by atoms with Crippen LogP contribution in [0, 0.1) is 0 Å². The van der Waals surface area contributed by atoms with Crippen molar-refractivity contribution >= 4 is 23.7 Å². The Morgan fingerprint density at radius 1 is 1.32 bits per heavy atom. The van der Waals surface area contributed by atoms with Gasteiger partial charge in [0.15, 0.2) is 0 Å². The van der Waals surface area contributed by atoms with E-state index in [1.165, 1.54) is 6.20 Å². The predicted octanol–water partition coefficient (Wildman–Crippen LogP) is 0.628. The molecule has 0 spiro atoms. The normalized spacial score (nSPS) is 11.2. The number of pyridine rings is 1. The highest BCUT2D eigenvalue weighted by molar-refractivity contribution is 6.20. The molecule has 0 bridgehead atoms. The molecule has 0 aromatic carbocycles. The monoisotopic (exact) mass is 305 g/mol. The summed E-state index contributed by atoms with van der Waals surface area (Å²) in [5.41, 5.74) is 0.414. The molecule has 0 saturated heterocycles. The van der Waals surface area contributed by atoms with Gasteiger partial charge in [-0.25, -0.2) is 0 Å². The molecule has 118 valence electrons. The fraction of sp³-hybridized carbons (Fsp3) is 0.333. The minimum atomic E-state index is -0.550. The number of aldehydes is 1. The predicted molar refractivity (Wildman–Crippen MR) is 80.3 cm³/mol. The molecule has 0 aliphatic carbocycles. The lowest BCUT2D eigenvalue weighted by atomic mass is 10.1. The van der Waals surface area contributed by atoms with Crippen LogP contribution in [0.4, 0.5) is 0 Å². The molecule has 0 atom stereocenters. The summed E-state index contributed by atoms with van der Waals surface area (Å²) in [4.78, 5) is 38.5. The highest BCUT2D eigenvalue weighted by Crippen LogP contribution is 2.16. The molecule has 0 aliphatic rings. The summed E-state index contributed by atoms with van der Waals surface area (Å²) in [5, 5.41) is 4.98. The van der Waals surface area contributed by atoms with Crippen LogP contribution in [0.1, 0.15) is 26.0 Å². The van der Waals surface area contributed by atoms with Gasteiger partial charge in [0, 0.05) is 12.6 Å². The maximum Gasteiger partial charge on any atom is 0.259 e. The van der Waals surface area contributed by atoms with E-state index < -0.39 is 5.91 Å². The summed E-state index contributed by atoms with van der Waals surface area (Å²) in [5.74, 6) is -0.817. The molecule has 1 aromatic heterocycles. The van der Waals surface area contributed by atoms with Crippen LogP contribution in [0.2, 0.25) is 0 Å². The summed E-state index contributed by atoms with van der Waals surface area (Å²) in [6.45, 7) is 3.54. The lowest BCUT2D eigenvalue weighted by Gasteiger charge is -2.15. The second kappa shape index (κ2) is 9.28. The summed E-state index contributed by atoms with van der Waals surface area (Å²) in [6, 6.07) is 5.03. The van der Waals surface area contributed by atoms with Crippen LogP contribution in [0.5, 0.6) is 0 Å². The number of nitrogens with zero attached hydrogens (tertiary/aromatic N) is 1. The van der Waals surface area contributed by atoms with Gasteiger partial charge in [-0.2, -0.15) is 0 Å². The van der Waals surface area contributed by atoms with Crippen molar-refractivity contribution in [1.29, 1.82) is 0 Å². The van der Waals surface area contributed by atoms with Gasteiger partial charge in [-0.15, -0.1) is 0 Å². The molecular formula is C15H19N3O4. The Morgan fingerprint density at radius 3 is 2.64 bits per heavy atom. The number of ether oxygens (including phenoxy) is 1. The fourth-order valence-electron chi connectivity index (χ4n) is 1.60. The van der Waals surface area contributed by atoms with Crippen molar-refractivity contribution in [3.05, 3.63) is 36.0 Å².